The number of pyridine rings is 1. The molecule has 2 N–H and O–H groups in total. The summed E-state index contributed by atoms with van der Waals surface area (Å²) < 4.78 is 16.2. The number of carbonyl (C=O) groups excluding carboxylic acids is 1. The van der Waals surface area contributed by atoms with E-state index in [2.05, 4.69) is 20.7 Å². The molecule has 7 nitrogen and oxygen atoms in total. The Morgan fingerprint density at radius 2 is 1.91 bits per heavy atom. The van der Waals surface area contributed by atoms with Gasteiger partial charge in [-0.2, -0.15) is 10.4 Å². The second-order valence-electron chi connectivity index (χ2n) is 8.33. The third-order valence-electron chi connectivity index (χ3n) is 5.74. The molecular weight excluding hydrogens is 443 g/mol. The maximum atomic E-state index is 14.5. The predicted molar refractivity (Wildman–Crippen MR) is 132 cm³/mol. The number of rotatable bonds is 8. The van der Waals surface area contributed by atoms with Crippen molar-refractivity contribution in [3.63, 3.8) is 0 Å². The largest absolute Gasteiger partial charge is 0.309 e. The van der Waals surface area contributed by atoms with Gasteiger partial charge in [0.2, 0.25) is 5.91 Å². The molecule has 4 aromatic rings. The average Bonchev–Trinajstić information content (AvgIpc) is 3.31. The molecule has 4 rings (SSSR count). The molecule has 0 radical (unpaired) electrons. The lowest BCUT2D eigenvalue weighted by molar-refractivity contribution is -0.118. The van der Waals surface area contributed by atoms with Crippen LogP contribution in [0.15, 0.2) is 79.3 Å². The van der Waals surface area contributed by atoms with Crippen molar-refractivity contribution in [3.8, 4) is 17.2 Å². The number of halogens is 1. The molecule has 0 fully saturated rings. The minimum absolute atomic E-state index is 0.223. The summed E-state index contributed by atoms with van der Waals surface area (Å²) in [7, 11) is 1.85. The highest BCUT2D eigenvalue weighted by molar-refractivity contribution is 5.95. The van der Waals surface area contributed by atoms with Crippen LogP contribution in [0.2, 0.25) is 0 Å². The van der Waals surface area contributed by atoms with Crippen LogP contribution in [0.25, 0.3) is 11.1 Å². The van der Waals surface area contributed by atoms with Crippen molar-refractivity contribution in [1.29, 1.82) is 5.26 Å². The van der Waals surface area contributed by atoms with Crippen LogP contribution in [0.5, 0.6) is 0 Å². The van der Waals surface area contributed by atoms with Crippen LogP contribution in [-0.4, -0.2) is 27.2 Å². The maximum Gasteiger partial charge on any atom is 0.247 e. The average molecular weight is 469 g/mol. The highest BCUT2D eigenvalue weighted by Gasteiger charge is 2.22. The van der Waals surface area contributed by atoms with Crippen molar-refractivity contribution in [1.82, 2.24) is 20.1 Å². The van der Waals surface area contributed by atoms with Gasteiger partial charge in [0.25, 0.3) is 0 Å². The van der Waals surface area contributed by atoms with Gasteiger partial charge in [0.1, 0.15) is 17.7 Å². The maximum absolute atomic E-state index is 14.5. The van der Waals surface area contributed by atoms with Crippen LogP contribution < -0.4 is 10.6 Å². The molecule has 0 saturated heterocycles. The van der Waals surface area contributed by atoms with Gasteiger partial charge in [-0.15, -0.1) is 0 Å². The Kier molecular flexibility index (Phi) is 7.29. The Morgan fingerprint density at radius 3 is 2.54 bits per heavy atom. The minimum Gasteiger partial charge on any atom is -0.309 e. The van der Waals surface area contributed by atoms with Crippen LogP contribution in [-0.2, 0) is 11.8 Å². The van der Waals surface area contributed by atoms with Gasteiger partial charge in [-0.1, -0.05) is 43.3 Å². The number of anilines is 1. The molecular formula is C27H25FN6O. The molecule has 0 saturated carbocycles. The van der Waals surface area contributed by atoms with Gasteiger partial charge in [0.05, 0.1) is 17.8 Å². The van der Waals surface area contributed by atoms with Gasteiger partial charge in [-0.25, -0.2) is 9.37 Å². The molecule has 2 aromatic carbocycles. The highest BCUT2D eigenvalue weighted by Crippen LogP contribution is 2.23. The van der Waals surface area contributed by atoms with Gasteiger partial charge in [-0.3, -0.25) is 9.48 Å². The number of aromatic nitrogens is 3. The Bertz CT molecular complexity index is 1340. The molecule has 0 spiro atoms. The lowest BCUT2D eigenvalue weighted by Gasteiger charge is -2.21. The smallest absolute Gasteiger partial charge is 0.247 e. The predicted octanol–water partition coefficient (Wildman–Crippen LogP) is 4.57. The number of carbonyl (C=O) groups is 1. The Morgan fingerprint density at radius 1 is 1.11 bits per heavy atom. The standard InChI is InChI=1S/C27H25FN6O/c1-18(23-10-8-19(13-29)12-24(23)28)14-31-26(20-6-4-3-5-7-20)27(35)33-25-11-9-21(15-30-25)22-16-32-34(2)17-22/h3-12,15-18,26,31H,14H2,1-2H3,(H,30,33,35)/t18-,26?/m1/s1. The summed E-state index contributed by atoms with van der Waals surface area (Å²) in [6.07, 6.45) is 5.33. The van der Waals surface area contributed by atoms with Crippen LogP contribution >= 0.6 is 0 Å². The molecule has 2 atom stereocenters. The van der Waals surface area contributed by atoms with E-state index in [0.29, 0.717) is 17.9 Å². The van der Waals surface area contributed by atoms with Gasteiger partial charge in [0.15, 0.2) is 0 Å². The first kappa shape index (κ1) is 23.8. The van der Waals surface area contributed by atoms with E-state index in [1.807, 2.05) is 62.6 Å². The highest BCUT2D eigenvalue weighted by atomic mass is 19.1. The van der Waals surface area contributed by atoms with Gasteiger partial charge >= 0.3 is 0 Å². The second kappa shape index (κ2) is 10.7. The van der Waals surface area contributed by atoms with Gasteiger partial charge < -0.3 is 10.6 Å². The summed E-state index contributed by atoms with van der Waals surface area (Å²) in [5.41, 5.74) is 3.37. The molecule has 1 amide bonds. The van der Waals surface area contributed by atoms with E-state index in [9.17, 15) is 9.18 Å². The molecule has 8 heteroatoms. The summed E-state index contributed by atoms with van der Waals surface area (Å²) in [5, 5.41) is 19.3. The fourth-order valence-electron chi connectivity index (χ4n) is 3.82. The van der Waals surface area contributed by atoms with E-state index < -0.39 is 11.9 Å². The number of benzene rings is 2. The first-order valence-electron chi connectivity index (χ1n) is 11.2. The molecule has 0 bridgehead atoms. The van der Waals surface area contributed by atoms with E-state index in [0.717, 1.165) is 16.7 Å². The first-order chi connectivity index (χ1) is 16.9. The van der Waals surface area contributed by atoms with Gasteiger partial charge in [0, 0.05) is 37.1 Å². The van der Waals surface area contributed by atoms with Crippen molar-refractivity contribution < 1.29 is 9.18 Å². The summed E-state index contributed by atoms with van der Waals surface area (Å²) in [6, 6.07) is 18.7. The van der Waals surface area contributed by atoms with Crippen molar-refractivity contribution in [3.05, 3.63) is 102 Å². The lowest BCUT2D eigenvalue weighted by Crippen LogP contribution is -2.35. The molecule has 2 heterocycles. The van der Waals surface area contributed by atoms with E-state index in [-0.39, 0.29) is 17.4 Å². The van der Waals surface area contributed by atoms with Gasteiger partial charge in [-0.05, 0) is 41.3 Å². The zero-order chi connectivity index (χ0) is 24.8. The van der Waals surface area contributed by atoms with E-state index in [1.54, 1.807) is 35.3 Å². The van der Waals surface area contributed by atoms with Crippen LogP contribution in [0.1, 0.15) is 35.6 Å². The number of nitriles is 1. The Hall–Kier alpha value is -4.35. The Balaban J connectivity index is 1.48. The minimum atomic E-state index is -0.667. The fourth-order valence-corrected chi connectivity index (χ4v) is 3.82. The topological polar surface area (TPSA) is 95.6 Å². The number of hydrogen-bond donors (Lipinski definition) is 2. The summed E-state index contributed by atoms with van der Waals surface area (Å²) in [5.74, 6) is -0.502. The Labute approximate surface area is 203 Å². The number of nitrogens with one attached hydrogen (secondary N) is 2. The summed E-state index contributed by atoms with van der Waals surface area (Å²) >= 11 is 0. The van der Waals surface area contributed by atoms with Crippen LogP contribution in [0, 0.1) is 17.1 Å². The number of amides is 1. The molecule has 0 aliphatic heterocycles. The fraction of sp³-hybridized carbons (Fsp3) is 0.185. The van der Waals surface area contributed by atoms with Crippen molar-refractivity contribution in [2.45, 2.75) is 18.9 Å². The summed E-state index contributed by atoms with van der Waals surface area (Å²) in [6.45, 7) is 2.22. The lowest BCUT2D eigenvalue weighted by atomic mass is 9.98. The van der Waals surface area contributed by atoms with E-state index in [1.165, 1.54) is 6.07 Å². The molecule has 0 aliphatic carbocycles. The van der Waals surface area contributed by atoms with Crippen molar-refractivity contribution in [2.75, 3.05) is 11.9 Å². The molecule has 176 valence electrons. The SMILES string of the molecule is C[C@H](CNC(C(=O)Nc1ccc(-c2cnn(C)c2)cn1)c1ccccc1)c1ccc(C#N)cc1F. The van der Waals surface area contributed by atoms with Crippen molar-refractivity contribution in [2.24, 2.45) is 7.05 Å². The molecule has 1 unspecified atom stereocenters. The zero-order valence-corrected chi connectivity index (χ0v) is 19.4. The first-order valence-corrected chi connectivity index (χ1v) is 11.2. The molecule has 2 aromatic heterocycles. The van der Waals surface area contributed by atoms with Crippen LogP contribution in [0.3, 0.4) is 0 Å². The third kappa shape index (κ3) is 5.78. The number of aryl methyl sites for hydroxylation is 1. The van der Waals surface area contributed by atoms with E-state index in [4.69, 9.17) is 5.26 Å². The quantitative estimate of drug-likeness (QED) is 0.395. The number of nitrogens with zero attached hydrogens (tertiary/aromatic N) is 4. The normalized spacial score (nSPS) is 12.5. The molecule has 35 heavy (non-hydrogen) atoms. The summed E-state index contributed by atoms with van der Waals surface area (Å²) in [4.78, 5) is 17.6. The second-order valence-corrected chi connectivity index (χ2v) is 8.33. The van der Waals surface area contributed by atoms with E-state index >= 15 is 0 Å². The number of hydrogen-bond acceptors (Lipinski definition) is 5. The van der Waals surface area contributed by atoms with Crippen molar-refractivity contribution >= 4 is 11.7 Å². The zero-order valence-electron chi connectivity index (χ0n) is 19.4. The van der Waals surface area contributed by atoms with Crippen LogP contribution in [0.4, 0.5) is 10.2 Å². The molecule has 0 aliphatic rings. The third-order valence-corrected chi connectivity index (χ3v) is 5.74. The monoisotopic (exact) mass is 468 g/mol.